The van der Waals surface area contributed by atoms with E-state index in [2.05, 4.69) is 35.0 Å². The third-order valence-corrected chi connectivity index (χ3v) is 9.54. The van der Waals surface area contributed by atoms with Gasteiger partial charge >= 0.3 is 0 Å². The number of aromatic nitrogens is 1. The number of hydrogen-bond donors (Lipinski definition) is 0. The molecular weight excluding hydrogens is 534 g/mol. The molecule has 0 N–H and O–H groups in total. The van der Waals surface area contributed by atoms with Gasteiger partial charge in [0, 0.05) is 57.3 Å². The first kappa shape index (κ1) is 28.6. The van der Waals surface area contributed by atoms with Crippen molar-refractivity contribution in [1.82, 2.24) is 9.88 Å². The van der Waals surface area contributed by atoms with Crippen LogP contribution in [0.15, 0.2) is 59.6 Å². The molecule has 2 aliphatic rings. The predicted octanol–water partition coefficient (Wildman–Crippen LogP) is 4.40. The number of pyridine rings is 1. The van der Waals surface area contributed by atoms with Gasteiger partial charge in [-0.05, 0) is 86.1 Å². The highest BCUT2D eigenvalue weighted by Gasteiger charge is 2.28. The van der Waals surface area contributed by atoms with Crippen LogP contribution in [0.2, 0.25) is 0 Å². The highest BCUT2D eigenvalue weighted by Crippen LogP contribution is 2.30. The van der Waals surface area contributed by atoms with E-state index in [1.165, 1.54) is 17.4 Å². The average molecular weight is 572 g/mol. The maximum absolute atomic E-state index is 13.7. The molecule has 41 heavy (non-hydrogen) atoms. The SMILES string of the molecule is Cc1cc(C)c(C(=O)N2CCN(c3ncccc3S(C)(=O)=O)CC2)cc1CC1CCN(c2ccccc2C#N)CC1. The summed E-state index contributed by atoms with van der Waals surface area (Å²) in [6.07, 6.45) is 5.82. The number of piperidine rings is 1. The Kier molecular flexibility index (Phi) is 8.32. The average Bonchev–Trinajstić information content (AvgIpc) is 2.98. The minimum absolute atomic E-state index is 0.0238. The van der Waals surface area contributed by atoms with E-state index in [0.717, 1.165) is 54.7 Å². The lowest BCUT2D eigenvalue weighted by Crippen LogP contribution is -2.49. The Morgan fingerprint density at radius 1 is 0.951 bits per heavy atom. The van der Waals surface area contributed by atoms with Crippen LogP contribution in [0.25, 0.3) is 0 Å². The van der Waals surface area contributed by atoms with Crippen LogP contribution in [0.3, 0.4) is 0 Å². The summed E-state index contributed by atoms with van der Waals surface area (Å²) in [6, 6.07) is 17.6. The van der Waals surface area contributed by atoms with Gasteiger partial charge in [0.15, 0.2) is 9.84 Å². The minimum Gasteiger partial charge on any atom is -0.370 e. The molecule has 2 aromatic carbocycles. The molecule has 3 aromatic rings. The standard InChI is InChI=1S/C32H37N5O3S/c1-23-19-24(2)28(21-27(23)20-25-10-13-35(14-11-25)29-8-5-4-7-26(29)22-33)32(38)37-17-15-36(16-18-37)31-30(41(3,39)40)9-6-12-34-31/h4-9,12,19,21,25H,10-11,13-18,20H2,1-3H3. The first-order valence-corrected chi connectivity index (χ1v) is 16.1. The number of carbonyl (C=O) groups excluding carboxylic acids is 1. The predicted molar refractivity (Wildman–Crippen MR) is 161 cm³/mol. The monoisotopic (exact) mass is 571 g/mol. The van der Waals surface area contributed by atoms with Crippen molar-refractivity contribution < 1.29 is 13.2 Å². The van der Waals surface area contributed by atoms with E-state index in [9.17, 15) is 18.5 Å². The fourth-order valence-electron chi connectivity index (χ4n) is 6.08. The molecule has 0 radical (unpaired) electrons. The van der Waals surface area contributed by atoms with E-state index >= 15 is 0 Å². The number of para-hydroxylation sites is 1. The van der Waals surface area contributed by atoms with Crippen LogP contribution >= 0.6 is 0 Å². The molecule has 9 heteroatoms. The summed E-state index contributed by atoms with van der Waals surface area (Å²) in [5.74, 6) is 1.00. The van der Waals surface area contributed by atoms with Crippen LogP contribution in [0.5, 0.6) is 0 Å². The smallest absolute Gasteiger partial charge is 0.254 e. The van der Waals surface area contributed by atoms with Gasteiger partial charge in [0.05, 0.1) is 11.3 Å². The summed E-state index contributed by atoms with van der Waals surface area (Å²) in [4.78, 5) is 24.4. The molecule has 2 saturated heterocycles. The molecule has 214 valence electrons. The lowest BCUT2D eigenvalue weighted by Gasteiger charge is -2.36. The van der Waals surface area contributed by atoms with Gasteiger partial charge in [-0.25, -0.2) is 13.4 Å². The molecule has 0 saturated carbocycles. The zero-order valence-corrected chi connectivity index (χ0v) is 24.8. The van der Waals surface area contributed by atoms with Gasteiger partial charge in [0.1, 0.15) is 16.8 Å². The molecule has 1 aromatic heterocycles. The first-order chi connectivity index (χ1) is 19.7. The summed E-state index contributed by atoms with van der Waals surface area (Å²) in [7, 11) is -3.40. The van der Waals surface area contributed by atoms with Gasteiger partial charge < -0.3 is 14.7 Å². The van der Waals surface area contributed by atoms with Crippen molar-refractivity contribution >= 4 is 27.2 Å². The maximum atomic E-state index is 13.7. The lowest BCUT2D eigenvalue weighted by atomic mass is 9.86. The zero-order valence-electron chi connectivity index (χ0n) is 24.0. The van der Waals surface area contributed by atoms with Crippen LogP contribution in [0.4, 0.5) is 11.5 Å². The van der Waals surface area contributed by atoms with E-state index in [-0.39, 0.29) is 10.8 Å². The largest absolute Gasteiger partial charge is 0.370 e. The molecule has 2 aliphatic heterocycles. The summed E-state index contributed by atoms with van der Waals surface area (Å²) in [6.45, 7) is 8.02. The fraction of sp³-hybridized carbons (Fsp3) is 0.406. The second-order valence-corrected chi connectivity index (χ2v) is 13.2. The van der Waals surface area contributed by atoms with E-state index < -0.39 is 9.84 Å². The van der Waals surface area contributed by atoms with Crippen molar-refractivity contribution in [2.24, 2.45) is 5.92 Å². The van der Waals surface area contributed by atoms with Crippen LogP contribution < -0.4 is 9.80 Å². The number of carbonyl (C=O) groups is 1. The second kappa shape index (κ2) is 11.9. The maximum Gasteiger partial charge on any atom is 0.254 e. The Labute approximate surface area is 243 Å². The van der Waals surface area contributed by atoms with Gasteiger partial charge in [-0.3, -0.25) is 4.79 Å². The number of amides is 1. The Balaban J connectivity index is 1.24. The van der Waals surface area contributed by atoms with Crippen molar-refractivity contribution in [1.29, 1.82) is 5.26 Å². The quantitative estimate of drug-likeness (QED) is 0.433. The summed E-state index contributed by atoms with van der Waals surface area (Å²) < 4.78 is 24.5. The molecule has 2 fully saturated rings. The van der Waals surface area contributed by atoms with E-state index in [1.807, 2.05) is 41.0 Å². The van der Waals surface area contributed by atoms with Crippen LogP contribution in [0, 0.1) is 31.1 Å². The van der Waals surface area contributed by atoms with Crippen molar-refractivity contribution in [2.45, 2.75) is 38.0 Å². The molecule has 0 bridgehead atoms. The van der Waals surface area contributed by atoms with Crippen molar-refractivity contribution in [3.05, 3.63) is 82.5 Å². The molecule has 0 unspecified atom stereocenters. The normalized spacial score (nSPS) is 16.5. The third-order valence-electron chi connectivity index (χ3n) is 8.42. The highest BCUT2D eigenvalue weighted by atomic mass is 32.2. The molecule has 3 heterocycles. The number of anilines is 2. The van der Waals surface area contributed by atoms with E-state index in [4.69, 9.17) is 0 Å². The minimum atomic E-state index is -3.40. The number of sulfone groups is 1. The Morgan fingerprint density at radius 2 is 1.66 bits per heavy atom. The Morgan fingerprint density at radius 3 is 2.34 bits per heavy atom. The summed E-state index contributed by atoms with van der Waals surface area (Å²) in [5.41, 5.74) is 5.90. The highest BCUT2D eigenvalue weighted by molar-refractivity contribution is 7.90. The van der Waals surface area contributed by atoms with Gasteiger partial charge in [-0.2, -0.15) is 5.26 Å². The van der Waals surface area contributed by atoms with Gasteiger partial charge in [-0.1, -0.05) is 18.2 Å². The van der Waals surface area contributed by atoms with Gasteiger partial charge in [-0.15, -0.1) is 0 Å². The molecule has 0 aliphatic carbocycles. The van der Waals surface area contributed by atoms with E-state index in [0.29, 0.717) is 37.9 Å². The second-order valence-electron chi connectivity index (χ2n) is 11.2. The summed E-state index contributed by atoms with van der Waals surface area (Å²) in [5, 5.41) is 9.48. The molecular formula is C32H37N5O3S. The number of benzene rings is 2. The lowest BCUT2D eigenvalue weighted by molar-refractivity contribution is 0.0745. The fourth-order valence-corrected chi connectivity index (χ4v) is 6.92. The number of nitrogens with zero attached hydrogens (tertiary/aromatic N) is 5. The summed E-state index contributed by atoms with van der Waals surface area (Å²) >= 11 is 0. The van der Waals surface area contributed by atoms with Crippen molar-refractivity contribution in [3.63, 3.8) is 0 Å². The topological polar surface area (TPSA) is 97.6 Å². The molecule has 0 spiro atoms. The molecule has 0 atom stereocenters. The van der Waals surface area contributed by atoms with Gasteiger partial charge in [0.2, 0.25) is 0 Å². The van der Waals surface area contributed by atoms with E-state index in [1.54, 1.807) is 18.3 Å². The van der Waals surface area contributed by atoms with Crippen LogP contribution in [0.1, 0.15) is 45.5 Å². The Bertz CT molecular complexity index is 1580. The number of nitriles is 1. The van der Waals surface area contributed by atoms with Crippen molar-refractivity contribution in [3.8, 4) is 6.07 Å². The first-order valence-electron chi connectivity index (χ1n) is 14.2. The van der Waals surface area contributed by atoms with Gasteiger partial charge in [0.25, 0.3) is 5.91 Å². The number of hydrogen-bond acceptors (Lipinski definition) is 7. The number of piperazine rings is 1. The molecule has 1 amide bonds. The molecule has 5 rings (SSSR count). The number of rotatable bonds is 6. The van der Waals surface area contributed by atoms with Crippen LogP contribution in [-0.2, 0) is 16.3 Å². The Hall–Kier alpha value is -3.90. The van der Waals surface area contributed by atoms with Crippen LogP contribution in [-0.4, -0.2) is 69.7 Å². The number of aryl methyl sites for hydroxylation is 2. The molecule has 8 nitrogen and oxygen atoms in total. The third kappa shape index (κ3) is 6.23. The zero-order chi connectivity index (χ0) is 29.1. The van der Waals surface area contributed by atoms with Crippen molar-refractivity contribution in [2.75, 3.05) is 55.3 Å².